The molecule has 2 aromatic rings. The lowest BCUT2D eigenvalue weighted by Crippen LogP contribution is -2.24. The van der Waals surface area contributed by atoms with Crippen molar-refractivity contribution in [3.8, 4) is 0 Å². The third kappa shape index (κ3) is 4.01. The van der Waals surface area contributed by atoms with Crippen LogP contribution in [0.4, 0.5) is 0 Å². The lowest BCUT2D eigenvalue weighted by molar-refractivity contribution is 0.382. The van der Waals surface area contributed by atoms with E-state index in [4.69, 9.17) is 0 Å². The Balaban J connectivity index is 1.84. The number of allylic oxidation sites excluding steroid dienone is 4. The first-order valence-electron chi connectivity index (χ1n) is 8.29. The van der Waals surface area contributed by atoms with Gasteiger partial charge in [0.2, 0.25) is 0 Å². The van der Waals surface area contributed by atoms with Gasteiger partial charge in [-0.2, -0.15) is 0 Å². The van der Waals surface area contributed by atoms with Gasteiger partial charge in [0.05, 0.1) is 0 Å². The fourth-order valence-corrected chi connectivity index (χ4v) is 2.81. The van der Waals surface area contributed by atoms with Crippen molar-refractivity contribution >= 4 is 5.57 Å². The van der Waals surface area contributed by atoms with Crippen molar-refractivity contribution in [3.63, 3.8) is 0 Å². The van der Waals surface area contributed by atoms with Crippen molar-refractivity contribution in [3.05, 3.63) is 102 Å². The molecule has 0 unspecified atom stereocenters. The molecule has 0 atom stereocenters. The summed E-state index contributed by atoms with van der Waals surface area (Å²) in [5.41, 5.74) is 5.23. The standard InChI is InChI=1S/C22H23N/c1-2-3-14-22-17-21(20-12-8-5-9-13-20)15-16-23(22)18-19-10-6-4-7-11-19/h3-15,17H,2,16,18H2,1H3. The van der Waals surface area contributed by atoms with Gasteiger partial charge in [0, 0.05) is 18.8 Å². The Morgan fingerprint density at radius 2 is 1.65 bits per heavy atom. The predicted molar refractivity (Wildman–Crippen MR) is 98.8 cm³/mol. The van der Waals surface area contributed by atoms with Crippen LogP contribution in [0.1, 0.15) is 24.5 Å². The van der Waals surface area contributed by atoms with E-state index in [1.54, 1.807) is 0 Å². The minimum Gasteiger partial charge on any atom is -0.363 e. The summed E-state index contributed by atoms with van der Waals surface area (Å²) >= 11 is 0. The molecule has 0 N–H and O–H groups in total. The Kier molecular flexibility index (Phi) is 5.10. The maximum absolute atomic E-state index is 2.42. The highest BCUT2D eigenvalue weighted by Gasteiger charge is 2.13. The van der Waals surface area contributed by atoms with Gasteiger partial charge in [0.25, 0.3) is 0 Å². The molecule has 2 aromatic carbocycles. The fourth-order valence-electron chi connectivity index (χ4n) is 2.81. The molecule has 0 saturated carbocycles. The van der Waals surface area contributed by atoms with Gasteiger partial charge in [-0.3, -0.25) is 0 Å². The van der Waals surface area contributed by atoms with Crippen molar-refractivity contribution in [2.24, 2.45) is 0 Å². The molecule has 1 aliphatic rings. The average Bonchev–Trinajstić information content (AvgIpc) is 2.62. The van der Waals surface area contributed by atoms with E-state index in [1.807, 2.05) is 0 Å². The van der Waals surface area contributed by atoms with E-state index in [-0.39, 0.29) is 0 Å². The minimum absolute atomic E-state index is 0.943. The molecule has 1 aliphatic heterocycles. The molecule has 0 bridgehead atoms. The van der Waals surface area contributed by atoms with E-state index in [0.29, 0.717) is 0 Å². The summed E-state index contributed by atoms with van der Waals surface area (Å²) in [4.78, 5) is 2.42. The van der Waals surface area contributed by atoms with Crippen LogP contribution in [0.2, 0.25) is 0 Å². The largest absolute Gasteiger partial charge is 0.363 e. The Morgan fingerprint density at radius 3 is 2.35 bits per heavy atom. The number of hydrogen-bond donors (Lipinski definition) is 0. The lowest BCUT2D eigenvalue weighted by Gasteiger charge is -2.28. The zero-order valence-electron chi connectivity index (χ0n) is 13.7. The average molecular weight is 301 g/mol. The van der Waals surface area contributed by atoms with Crippen LogP contribution in [0.3, 0.4) is 0 Å². The highest BCUT2D eigenvalue weighted by atomic mass is 15.1. The quantitative estimate of drug-likeness (QED) is 0.711. The van der Waals surface area contributed by atoms with Crippen molar-refractivity contribution < 1.29 is 0 Å². The summed E-state index contributed by atoms with van der Waals surface area (Å²) in [6.07, 6.45) is 10.2. The monoisotopic (exact) mass is 301 g/mol. The van der Waals surface area contributed by atoms with Crippen LogP contribution in [-0.4, -0.2) is 11.4 Å². The van der Waals surface area contributed by atoms with Gasteiger partial charge in [0.15, 0.2) is 0 Å². The van der Waals surface area contributed by atoms with E-state index >= 15 is 0 Å². The van der Waals surface area contributed by atoms with E-state index in [2.05, 4.69) is 96.8 Å². The van der Waals surface area contributed by atoms with E-state index in [1.165, 1.54) is 22.4 Å². The first-order valence-corrected chi connectivity index (χ1v) is 8.29. The van der Waals surface area contributed by atoms with Gasteiger partial charge < -0.3 is 4.90 Å². The predicted octanol–water partition coefficient (Wildman–Crippen LogP) is 5.44. The van der Waals surface area contributed by atoms with Crippen molar-refractivity contribution in [1.29, 1.82) is 0 Å². The highest BCUT2D eigenvalue weighted by molar-refractivity contribution is 5.76. The summed E-state index contributed by atoms with van der Waals surface area (Å²) in [7, 11) is 0. The smallest absolute Gasteiger partial charge is 0.0432 e. The second-order valence-corrected chi connectivity index (χ2v) is 5.77. The molecule has 0 saturated heterocycles. The molecule has 23 heavy (non-hydrogen) atoms. The second kappa shape index (κ2) is 7.64. The van der Waals surface area contributed by atoms with Crippen LogP contribution in [-0.2, 0) is 6.54 Å². The van der Waals surface area contributed by atoms with Crippen LogP contribution >= 0.6 is 0 Å². The summed E-state index contributed by atoms with van der Waals surface area (Å²) in [5.74, 6) is 0. The third-order valence-electron chi connectivity index (χ3n) is 4.05. The summed E-state index contributed by atoms with van der Waals surface area (Å²) in [6.45, 7) is 4.06. The molecule has 0 aliphatic carbocycles. The molecular formula is C22H23N. The number of benzene rings is 2. The molecule has 1 heterocycles. The van der Waals surface area contributed by atoms with E-state index in [9.17, 15) is 0 Å². The number of nitrogens with zero attached hydrogens (tertiary/aromatic N) is 1. The van der Waals surface area contributed by atoms with Gasteiger partial charge in [-0.15, -0.1) is 0 Å². The van der Waals surface area contributed by atoms with Crippen molar-refractivity contribution in [1.82, 2.24) is 4.90 Å². The molecule has 0 aromatic heterocycles. The summed E-state index contributed by atoms with van der Waals surface area (Å²) in [6, 6.07) is 21.3. The Morgan fingerprint density at radius 1 is 0.957 bits per heavy atom. The molecule has 0 spiro atoms. The van der Waals surface area contributed by atoms with Crippen LogP contribution < -0.4 is 0 Å². The molecule has 1 heteroatoms. The van der Waals surface area contributed by atoms with Gasteiger partial charge in [-0.1, -0.05) is 79.7 Å². The topological polar surface area (TPSA) is 3.24 Å². The Labute approximate surface area is 139 Å². The zero-order valence-corrected chi connectivity index (χ0v) is 13.7. The maximum Gasteiger partial charge on any atom is 0.0432 e. The SMILES string of the molecule is CCC=CC1=CC(c2ccccc2)=CCN1Cc1ccccc1. The normalized spacial score (nSPS) is 14.7. The van der Waals surface area contributed by atoms with E-state index in [0.717, 1.165) is 19.5 Å². The van der Waals surface area contributed by atoms with Crippen molar-refractivity contribution in [2.75, 3.05) is 6.54 Å². The summed E-state index contributed by atoms with van der Waals surface area (Å²) in [5, 5.41) is 0. The van der Waals surface area contributed by atoms with Gasteiger partial charge in [-0.05, 0) is 35.3 Å². The molecular weight excluding hydrogens is 278 g/mol. The van der Waals surface area contributed by atoms with E-state index < -0.39 is 0 Å². The lowest BCUT2D eigenvalue weighted by atomic mass is 10.0. The highest BCUT2D eigenvalue weighted by Crippen LogP contribution is 2.25. The van der Waals surface area contributed by atoms with Crippen LogP contribution in [0.5, 0.6) is 0 Å². The fraction of sp³-hybridized carbons (Fsp3) is 0.182. The Hall–Kier alpha value is -2.54. The molecule has 0 amide bonds. The molecule has 0 radical (unpaired) electrons. The Bertz CT molecular complexity index is 708. The number of rotatable bonds is 5. The zero-order chi connectivity index (χ0) is 15.9. The van der Waals surface area contributed by atoms with Crippen LogP contribution in [0, 0.1) is 0 Å². The first kappa shape index (κ1) is 15.4. The molecule has 0 fully saturated rings. The first-order chi connectivity index (χ1) is 11.4. The maximum atomic E-state index is 2.42. The third-order valence-corrected chi connectivity index (χ3v) is 4.05. The molecule has 1 nitrogen and oxygen atoms in total. The van der Waals surface area contributed by atoms with Crippen molar-refractivity contribution in [2.45, 2.75) is 19.9 Å². The second-order valence-electron chi connectivity index (χ2n) is 5.77. The van der Waals surface area contributed by atoms with Crippen LogP contribution in [0.15, 0.2) is 90.7 Å². The summed E-state index contributed by atoms with van der Waals surface area (Å²) < 4.78 is 0. The van der Waals surface area contributed by atoms with Gasteiger partial charge in [0.1, 0.15) is 0 Å². The molecule has 116 valence electrons. The number of hydrogen-bond acceptors (Lipinski definition) is 1. The molecule has 3 rings (SSSR count). The van der Waals surface area contributed by atoms with Crippen LogP contribution in [0.25, 0.3) is 5.57 Å². The minimum atomic E-state index is 0.943. The van der Waals surface area contributed by atoms with Gasteiger partial charge in [-0.25, -0.2) is 0 Å². The van der Waals surface area contributed by atoms with Gasteiger partial charge >= 0.3 is 0 Å².